The number of nitrogens with zero attached hydrogens (tertiary/aromatic N) is 1. The molecule has 0 bridgehead atoms. The molecule has 1 N–H and O–H groups in total. The average Bonchev–Trinajstić information content (AvgIpc) is 2.02. The summed E-state index contributed by atoms with van der Waals surface area (Å²) in [5.74, 6) is 0.367. The first-order valence-corrected chi connectivity index (χ1v) is 5.22. The van der Waals surface area contributed by atoms with Crippen molar-refractivity contribution in [1.29, 1.82) is 0 Å². The second kappa shape index (κ2) is 3.29. The Kier molecular flexibility index (Phi) is 2.28. The average molecular weight is 182 g/mol. The molecule has 2 saturated heterocycles. The highest BCUT2D eigenvalue weighted by molar-refractivity contribution is 5.83. The van der Waals surface area contributed by atoms with Gasteiger partial charge in [-0.05, 0) is 32.7 Å². The molecule has 0 saturated carbocycles. The van der Waals surface area contributed by atoms with E-state index in [1.165, 1.54) is 6.42 Å². The zero-order valence-electron chi connectivity index (χ0n) is 8.31. The first kappa shape index (κ1) is 9.00. The summed E-state index contributed by atoms with van der Waals surface area (Å²) >= 11 is 0. The van der Waals surface area contributed by atoms with Crippen LogP contribution in [0.5, 0.6) is 0 Å². The van der Waals surface area contributed by atoms with Gasteiger partial charge in [-0.15, -0.1) is 0 Å². The van der Waals surface area contributed by atoms with Crippen molar-refractivity contribution in [3.63, 3.8) is 0 Å². The number of hydrogen-bond acceptors (Lipinski definition) is 2. The lowest BCUT2D eigenvalue weighted by Crippen LogP contribution is -2.54. The van der Waals surface area contributed by atoms with Gasteiger partial charge in [-0.3, -0.25) is 4.79 Å². The Morgan fingerprint density at radius 1 is 1.38 bits per heavy atom. The first-order chi connectivity index (χ1) is 6.22. The van der Waals surface area contributed by atoms with Crippen molar-refractivity contribution in [2.75, 3.05) is 26.2 Å². The number of nitrogens with one attached hydrogen (secondary N) is 1. The van der Waals surface area contributed by atoms with E-state index < -0.39 is 0 Å². The van der Waals surface area contributed by atoms with Crippen molar-refractivity contribution in [1.82, 2.24) is 10.2 Å². The molecule has 2 fully saturated rings. The lowest BCUT2D eigenvalue weighted by Gasteiger charge is -2.41. The molecule has 1 unspecified atom stereocenters. The van der Waals surface area contributed by atoms with E-state index in [0.717, 1.165) is 39.0 Å². The smallest absolute Gasteiger partial charge is 0.229 e. The Labute approximate surface area is 79.5 Å². The molecule has 0 aliphatic carbocycles. The number of piperidine rings is 1. The second-order valence-electron chi connectivity index (χ2n) is 4.49. The Balaban J connectivity index is 1.99. The molecule has 0 aromatic heterocycles. The van der Waals surface area contributed by atoms with Gasteiger partial charge in [0.2, 0.25) is 5.91 Å². The van der Waals surface area contributed by atoms with Crippen molar-refractivity contribution < 1.29 is 4.79 Å². The summed E-state index contributed by atoms with van der Waals surface area (Å²) in [5.41, 5.74) is -0.112. The van der Waals surface area contributed by atoms with Crippen LogP contribution >= 0.6 is 0 Å². The lowest BCUT2D eigenvalue weighted by molar-refractivity contribution is -0.145. The molecule has 2 rings (SSSR count). The Morgan fingerprint density at radius 3 is 2.62 bits per heavy atom. The lowest BCUT2D eigenvalue weighted by atomic mass is 9.81. The van der Waals surface area contributed by atoms with Gasteiger partial charge < -0.3 is 10.2 Å². The third-order valence-corrected chi connectivity index (χ3v) is 3.26. The molecule has 74 valence electrons. The number of carbonyl (C=O) groups is 1. The van der Waals surface area contributed by atoms with Gasteiger partial charge in [0.15, 0.2) is 0 Å². The van der Waals surface area contributed by atoms with Crippen molar-refractivity contribution >= 4 is 5.91 Å². The SMILES string of the molecule is CC1(C(=O)N2CCC2)CCCNC1. The summed E-state index contributed by atoms with van der Waals surface area (Å²) in [5, 5.41) is 3.31. The van der Waals surface area contributed by atoms with Crippen LogP contribution in [-0.2, 0) is 4.79 Å². The van der Waals surface area contributed by atoms with Gasteiger partial charge in [-0.2, -0.15) is 0 Å². The van der Waals surface area contributed by atoms with Crippen LogP contribution in [0.3, 0.4) is 0 Å². The number of likely N-dealkylation sites (tertiary alicyclic amines) is 1. The minimum atomic E-state index is -0.112. The van der Waals surface area contributed by atoms with E-state index in [1.807, 2.05) is 4.90 Å². The number of hydrogen-bond donors (Lipinski definition) is 1. The number of carbonyl (C=O) groups excluding carboxylic acids is 1. The Morgan fingerprint density at radius 2 is 2.15 bits per heavy atom. The van der Waals surface area contributed by atoms with Gasteiger partial charge in [0.05, 0.1) is 5.41 Å². The van der Waals surface area contributed by atoms with Gasteiger partial charge in [0.1, 0.15) is 0 Å². The minimum absolute atomic E-state index is 0.112. The van der Waals surface area contributed by atoms with E-state index in [0.29, 0.717) is 5.91 Å². The Bertz CT molecular complexity index is 205. The summed E-state index contributed by atoms with van der Waals surface area (Å²) in [6.45, 7) is 5.99. The molecule has 3 nitrogen and oxygen atoms in total. The van der Waals surface area contributed by atoms with E-state index in [4.69, 9.17) is 0 Å². The molecular formula is C10H18N2O. The van der Waals surface area contributed by atoms with Crippen LogP contribution in [0.4, 0.5) is 0 Å². The highest BCUT2D eigenvalue weighted by atomic mass is 16.2. The van der Waals surface area contributed by atoms with Crippen LogP contribution in [0.1, 0.15) is 26.2 Å². The van der Waals surface area contributed by atoms with Crippen LogP contribution in [0.25, 0.3) is 0 Å². The fraction of sp³-hybridized carbons (Fsp3) is 0.900. The molecule has 0 aromatic rings. The highest BCUT2D eigenvalue weighted by Gasteiger charge is 2.39. The highest BCUT2D eigenvalue weighted by Crippen LogP contribution is 2.29. The van der Waals surface area contributed by atoms with Crippen LogP contribution in [0.15, 0.2) is 0 Å². The quantitative estimate of drug-likeness (QED) is 0.644. The zero-order chi connectivity index (χ0) is 9.31. The molecule has 0 spiro atoms. The van der Waals surface area contributed by atoms with Gasteiger partial charge in [0.25, 0.3) is 0 Å². The zero-order valence-corrected chi connectivity index (χ0v) is 8.31. The molecule has 3 heteroatoms. The third-order valence-electron chi connectivity index (χ3n) is 3.26. The summed E-state index contributed by atoms with van der Waals surface area (Å²) in [6.07, 6.45) is 3.38. The van der Waals surface area contributed by atoms with Gasteiger partial charge >= 0.3 is 0 Å². The molecule has 2 aliphatic rings. The van der Waals surface area contributed by atoms with Gasteiger partial charge in [-0.1, -0.05) is 0 Å². The standard InChI is InChI=1S/C10H18N2O/c1-10(4-2-5-11-8-10)9(13)12-6-3-7-12/h11H,2-8H2,1H3. The largest absolute Gasteiger partial charge is 0.342 e. The van der Waals surface area contributed by atoms with Crippen molar-refractivity contribution in [3.8, 4) is 0 Å². The second-order valence-corrected chi connectivity index (χ2v) is 4.49. The minimum Gasteiger partial charge on any atom is -0.342 e. The number of amides is 1. The van der Waals surface area contributed by atoms with E-state index in [2.05, 4.69) is 12.2 Å². The summed E-state index contributed by atoms with van der Waals surface area (Å²) < 4.78 is 0. The van der Waals surface area contributed by atoms with Gasteiger partial charge in [0, 0.05) is 19.6 Å². The van der Waals surface area contributed by atoms with E-state index in [9.17, 15) is 4.79 Å². The summed E-state index contributed by atoms with van der Waals surface area (Å²) in [6, 6.07) is 0. The maximum Gasteiger partial charge on any atom is 0.229 e. The van der Waals surface area contributed by atoms with Crippen LogP contribution in [0, 0.1) is 5.41 Å². The predicted octanol–water partition coefficient (Wildman–Crippen LogP) is 0.608. The van der Waals surface area contributed by atoms with E-state index in [1.54, 1.807) is 0 Å². The molecule has 1 amide bonds. The van der Waals surface area contributed by atoms with E-state index in [-0.39, 0.29) is 5.41 Å². The maximum absolute atomic E-state index is 12.0. The normalized spacial score (nSPS) is 34.1. The van der Waals surface area contributed by atoms with Crippen molar-refractivity contribution in [3.05, 3.63) is 0 Å². The van der Waals surface area contributed by atoms with Gasteiger partial charge in [-0.25, -0.2) is 0 Å². The van der Waals surface area contributed by atoms with Crippen LogP contribution in [-0.4, -0.2) is 37.0 Å². The molecule has 2 aliphatic heterocycles. The monoisotopic (exact) mass is 182 g/mol. The summed E-state index contributed by atoms with van der Waals surface area (Å²) in [7, 11) is 0. The Hall–Kier alpha value is -0.570. The van der Waals surface area contributed by atoms with E-state index >= 15 is 0 Å². The fourth-order valence-corrected chi connectivity index (χ4v) is 2.14. The van der Waals surface area contributed by atoms with Crippen LogP contribution < -0.4 is 5.32 Å². The molecule has 0 radical (unpaired) electrons. The third kappa shape index (κ3) is 1.57. The molecule has 0 aromatic carbocycles. The fourth-order valence-electron chi connectivity index (χ4n) is 2.14. The predicted molar refractivity (Wildman–Crippen MR) is 51.4 cm³/mol. The molecular weight excluding hydrogens is 164 g/mol. The number of rotatable bonds is 1. The first-order valence-electron chi connectivity index (χ1n) is 5.22. The van der Waals surface area contributed by atoms with Crippen molar-refractivity contribution in [2.24, 2.45) is 5.41 Å². The van der Waals surface area contributed by atoms with Crippen LogP contribution in [0.2, 0.25) is 0 Å². The summed E-state index contributed by atoms with van der Waals surface area (Å²) in [4.78, 5) is 14.0. The topological polar surface area (TPSA) is 32.3 Å². The molecule has 2 heterocycles. The molecule has 1 atom stereocenters. The van der Waals surface area contributed by atoms with Crippen molar-refractivity contribution in [2.45, 2.75) is 26.2 Å². The maximum atomic E-state index is 12.0. The molecule has 13 heavy (non-hydrogen) atoms.